The molecule has 0 aromatic heterocycles. The second-order valence-electron chi connectivity index (χ2n) is 11.1. The van der Waals surface area contributed by atoms with Gasteiger partial charge in [0.2, 0.25) is 5.91 Å². The van der Waals surface area contributed by atoms with Gasteiger partial charge >= 0.3 is 0 Å². The number of unbranched alkanes of at least 4 members (excludes halogenated alkanes) is 1. The van der Waals surface area contributed by atoms with Crippen LogP contribution in [-0.4, -0.2) is 31.1 Å². The van der Waals surface area contributed by atoms with Crippen LogP contribution in [0.15, 0.2) is 42.5 Å². The van der Waals surface area contributed by atoms with E-state index in [-0.39, 0.29) is 16.7 Å². The van der Waals surface area contributed by atoms with Crippen molar-refractivity contribution in [2.24, 2.45) is 0 Å². The first-order valence-corrected chi connectivity index (χ1v) is 13.8. The fraction of sp³-hybridized carbons (Fsp3) is 0.594. The van der Waals surface area contributed by atoms with Crippen molar-refractivity contribution >= 4 is 5.91 Å². The number of benzene rings is 2. The van der Waals surface area contributed by atoms with Crippen molar-refractivity contribution in [3.05, 3.63) is 59.2 Å². The minimum Gasteiger partial charge on any atom is -0.496 e. The first kappa shape index (κ1) is 29.7. The van der Waals surface area contributed by atoms with Gasteiger partial charge in [0.1, 0.15) is 11.5 Å². The van der Waals surface area contributed by atoms with Crippen LogP contribution in [0.2, 0.25) is 0 Å². The molecule has 0 atom stereocenters. The highest BCUT2D eigenvalue weighted by molar-refractivity contribution is 5.76. The standard InChI is InChI=1S/C32H49NO3/c1-9-16-30(34)33(24-25-17-12-13-18-28(25)35-8)21-14-15-22-36-29-20-19-26(31(4,5)10-2)23-27(29)32(6,7)11-3/h12-13,17-20,23H,9-11,14-16,21-22,24H2,1-8H3. The van der Waals surface area contributed by atoms with Crippen LogP contribution in [0.1, 0.15) is 104 Å². The minimum absolute atomic E-state index is 0.0489. The monoisotopic (exact) mass is 495 g/mol. The van der Waals surface area contributed by atoms with E-state index in [4.69, 9.17) is 9.47 Å². The lowest BCUT2D eigenvalue weighted by atomic mass is 9.76. The molecular formula is C32H49NO3. The van der Waals surface area contributed by atoms with Crippen LogP contribution in [0.3, 0.4) is 0 Å². The average Bonchev–Trinajstić information content (AvgIpc) is 2.88. The summed E-state index contributed by atoms with van der Waals surface area (Å²) in [5.41, 5.74) is 3.90. The molecule has 0 fully saturated rings. The molecule has 1 amide bonds. The van der Waals surface area contributed by atoms with E-state index in [9.17, 15) is 4.79 Å². The third-order valence-corrected chi connectivity index (χ3v) is 7.71. The first-order chi connectivity index (χ1) is 17.1. The van der Waals surface area contributed by atoms with Gasteiger partial charge in [-0.05, 0) is 60.6 Å². The predicted molar refractivity (Wildman–Crippen MR) is 151 cm³/mol. The molecule has 200 valence electrons. The van der Waals surface area contributed by atoms with Gasteiger partial charge in [-0.25, -0.2) is 0 Å². The number of nitrogens with zero attached hydrogens (tertiary/aromatic N) is 1. The number of ether oxygens (including phenoxy) is 2. The summed E-state index contributed by atoms with van der Waals surface area (Å²) in [6.07, 6.45) is 5.37. The summed E-state index contributed by atoms with van der Waals surface area (Å²) in [6, 6.07) is 14.7. The molecule has 2 aromatic carbocycles. The summed E-state index contributed by atoms with van der Waals surface area (Å²) in [6.45, 7) is 17.7. The van der Waals surface area contributed by atoms with E-state index < -0.39 is 0 Å². The van der Waals surface area contributed by atoms with E-state index in [2.05, 4.69) is 66.7 Å². The Morgan fingerprint density at radius 1 is 0.889 bits per heavy atom. The number of carbonyl (C=O) groups excluding carboxylic acids is 1. The van der Waals surface area contributed by atoms with Crippen molar-refractivity contribution in [3.63, 3.8) is 0 Å². The van der Waals surface area contributed by atoms with Crippen LogP contribution >= 0.6 is 0 Å². The van der Waals surface area contributed by atoms with Gasteiger partial charge in [-0.2, -0.15) is 0 Å². The Morgan fingerprint density at radius 2 is 1.58 bits per heavy atom. The van der Waals surface area contributed by atoms with Gasteiger partial charge < -0.3 is 14.4 Å². The number of carbonyl (C=O) groups is 1. The topological polar surface area (TPSA) is 38.8 Å². The van der Waals surface area contributed by atoms with Crippen LogP contribution in [0.25, 0.3) is 0 Å². The Morgan fingerprint density at radius 3 is 2.22 bits per heavy atom. The molecule has 36 heavy (non-hydrogen) atoms. The third kappa shape index (κ3) is 8.01. The fourth-order valence-corrected chi connectivity index (χ4v) is 4.29. The second-order valence-corrected chi connectivity index (χ2v) is 11.1. The van der Waals surface area contributed by atoms with Crippen LogP contribution < -0.4 is 9.47 Å². The Bertz CT molecular complexity index is 964. The molecule has 0 spiro atoms. The highest BCUT2D eigenvalue weighted by atomic mass is 16.5. The summed E-state index contributed by atoms with van der Waals surface area (Å²) < 4.78 is 11.9. The lowest BCUT2D eigenvalue weighted by Gasteiger charge is -2.30. The van der Waals surface area contributed by atoms with Crippen molar-refractivity contribution in [2.45, 2.75) is 104 Å². The molecule has 0 unspecified atom stereocenters. The Kier molecular flexibility index (Phi) is 11.3. The van der Waals surface area contributed by atoms with Crippen LogP contribution in [0.5, 0.6) is 11.5 Å². The molecule has 0 radical (unpaired) electrons. The fourth-order valence-electron chi connectivity index (χ4n) is 4.29. The lowest BCUT2D eigenvalue weighted by molar-refractivity contribution is -0.132. The number of methoxy groups -OCH3 is 1. The largest absolute Gasteiger partial charge is 0.496 e. The SMILES string of the molecule is CCCC(=O)N(CCCCOc1ccc(C(C)(C)CC)cc1C(C)(C)CC)Cc1ccccc1OC. The molecule has 4 nitrogen and oxygen atoms in total. The predicted octanol–water partition coefficient (Wildman–Crippen LogP) is 8.06. The number of para-hydroxylation sites is 1. The van der Waals surface area contributed by atoms with Gasteiger partial charge in [0.05, 0.1) is 13.7 Å². The summed E-state index contributed by atoms with van der Waals surface area (Å²) in [4.78, 5) is 14.8. The summed E-state index contributed by atoms with van der Waals surface area (Å²) in [5.74, 6) is 2.02. The van der Waals surface area contributed by atoms with E-state index in [1.165, 1.54) is 11.1 Å². The summed E-state index contributed by atoms with van der Waals surface area (Å²) >= 11 is 0. The van der Waals surface area contributed by atoms with Gasteiger partial charge in [-0.15, -0.1) is 0 Å². The molecule has 0 heterocycles. The van der Waals surface area contributed by atoms with E-state index in [1.54, 1.807) is 7.11 Å². The maximum atomic E-state index is 12.8. The summed E-state index contributed by atoms with van der Waals surface area (Å²) in [5, 5.41) is 0. The molecule has 2 aromatic rings. The van der Waals surface area contributed by atoms with Gasteiger partial charge in [-0.3, -0.25) is 4.79 Å². The van der Waals surface area contributed by atoms with Crippen molar-refractivity contribution < 1.29 is 14.3 Å². The van der Waals surface area contributed by atoms with E-state index >= 15 is 0 Å². The van der Waals surface area contributed by atoms with Crippen LogP contribution in [-0.2, 0) is 22.2 Å². The highest BCUT2D eigenvalue weighted by Crippen LogP contribution is 2.38. The van der Waals surface area contributed by atoms with Gasteiger partial charge in [0.25, 0.3) is 0 Å². The van der Waals surface area contributed by atoms with Gasteiger partial charge in [-0.1, -0.05) is 78.8 Å². The number of amides is 1. The maximum absolute atomic E-state index is 12.8. The number of hydrogen-bond donors (Lipinski definition) is 0. The molecule has 0 N–H and O–H groups in total. The smallest absolute Gasteiger partial charge is 0.222 e. The van der Waals surface area contributed by atoms with E-state index in [1.807, 2.05) is 29.2 Å². The van der Waals surface area contributed by atoms with E-state index in [0.29, 0.717) is 19.6 Å². The second kappa shape index (κ2) is 13.7. The normalized spacial score (nSPS) is 11.9. The Labute approximate surface area is 220 Å². The van der Waals surface area contributed by atoms with E-state index in [0.717, 1.165) is 55.7 Å². The molecule has 0 aliphatic carbocycles. The Hall–Kier alpha value is -2.49. The molecule has 0 bridgehead atoms. The molecule has 0 aliphatic heterocycles. The zero-order chi connectivity index (χ0) is 26.8. The third-order valence-electron chi connectivity index (χ3n) is 7.71. The molecule has 0 saturated carbocycles. The first-order valence-electron chi connectivity index (χ1n) is 13.8. The average molecular weight is 496 g/mol. The zero-order valence-corrected chi connectivity index (χ0v) is 24.1. The van der Waals surface area contributed by atoms with Crippen molar-refractivity contribution in [1.82, 2.24) is 4.90 Å². The Balaban J connectivity index is 2.05. The van der Waals surface area contributed by atoms with Crippen molar-refractivity contribution in [3.8, 4) is 11.5 Å². The zero-order valence-electron chi connectivity index (χ0n) is 24.1. The highest BCUT2D eigenvalue weighted by Gasteiger charge is 2.26. The lowest BCUT2D eigenvalue weighted by Crippen LogP contribution is -2.31. The van der Waals surface area contributed by atoms with Gasteiger partial charge in [0.15, 0.2) is 0 Å². The van der Waals surface area contributed by atoms with Crippen molar-refractivity contribution in [1.29, 1.82) is 0 Å². The minimum atomic E-state index is 0.0489. The molecule has 4 heteroatoms. The number of rotatable bonds is 15. The molecule has 2 rings (SSSR count). The quantitative estimate of drug-likeness (QED) is 0.235. The van der Waals surface area contributed by atoms with Crippen molar-refractivity contribution in [2.75, 3.05) is 20.3 Å². The molecule has 0 saturated heterocycles. The number of hydrogen-bond acceptors (Lipinski definition) is 3. The van der Waals surface area contributed by atoms with Gasteiger partial charge in [0, 0.05) is 30.6 Å². The van der Waals surface area contributed by atoms with Crippen LogP contribution in [0, 0.1) is 0 Å². The molecular weight excluding hydrogens is 446 g/mol. The maximum Gasteiger partial charge on any atom is 0.222 e. The molecule has 0 aliphatic rings. The van der Waals surface area contributed by atoms with Crippen LogP contribution in [0.4, 0.5) is 0 Å². The summed E-state index contributed by atoms with van der Waals surface area (Å²) in [7, 11) is 1.68.